The third-order valence-electron chi connectivity index (χ3n) is 5.99. The average Bonchev–Trinajstić information content (AvgIpc) is 2.87. The van der Waals surface area contributed by atoms with E-state index in [-0.39, 0.29) is 17.3 Å². The number of likely N-dealkylation sites (N-methyl/N-ethyl adjacent to an activating group) is 2. The maximum absolute atomic E-state index is 14.0. The Kier molecular flexibility index (Phi) is 7.82. The fourth-order valence-corrected chi connectivity index (χ4v) is 4.05. The number of amides is 1. The Morgan fingerprint density at radius 3 is 2.63 bits per heavy atom. The molecule has 0 aliphatic heterocycles. The molecule has 0 saturated heterocycles. The molecule has 0 unspecified atom stereocenters. The molecule has 0 aliphatic carbocycles. The summed E-state index contributed by atoms with van der Waals surface area (Å²) in [6.07, 6.45) is 2.66. The van der Waals surface area contributed by atoms with Crippen molar-refractivity contribution in [2.24, 2.45) is 0 Å². The zero-order valence-corrected chi connectivity index (χ0v) is 21.8. The molecule has 196 valence electrons. The Morgan fingerprint density at radius 1 is 1.13 bits per heavy atom. The zero-order valence-electron chi connectivity index (χ0n) is 21.8. The van der Waals surface area contributed by atoms with E-state index >= 15 is 0 Å². The van der Waals surface area contributed by atoms with Gasteiger partial charge in [0, 0.05) is 43.8 Å². The second-order valence-corrected chi connectivity index (χ2v) is 9.17. The van der Waals surface area contributed by atoms with Crippen LogP contribution in [0.5, 0.6) is 0 Å². The molecule has 4 rings (SSSR count). The summed E-state index contributed by atoms with van der Waals surface area (Å²) in [5.74, 6) is -0.491. The van der Waals surface area contributed by atoms with Crippen molar-refractivity contribution in [1.29, 1.82) is 0 Å². The Bertz CT molecular complexity index is 1570. The van der Waals surface area contributed by atoms with E-state index in [0.717, 1.165) is 18.8 Å². The number of rotatable bonds is 9. The van der Waals surface area contributed by atoms with Gasteiger partial charge in [0.15, 0.2) is 11.1 Å². The van der Waals surface area contributed by atoms with Gasteiger partial charge in [0.2, 0.25) is 11.9 Å². The van der Waals surface area contributed by atoms with Crippen LogP contribution in [0.1, 0.15) is 5.69 Å². The molecule has 0 spiro atoms. The van der Waals surface area contributed by atoms with Crippen LogP contribution in [-0.4, -0.2) is 59.6 Å². The Balaban J connectivity index is 1.74. The number of halogens is 1. The van der Waals surface area contributed by atoms with Crippen molar-refractivity contribution in [1.82, 2.24) is 19.4 Å². The summed E-state index contributed by atoms with van der Waals surface area (Å²) in [5.41, 5.74) is 3.32. The predicted octanol–water partition coefficient (Wildman–Crippen LogP) is 4.09. The molecule has 9 nitrogen and oxygen atoms in total. The van der Waals surface area contributed by atoms with Crippen molar-refractivity contribution >= 4 is 40.0 Å². The molecule has 0 fully saturated rings. The van der Waals surface area contributed by atoms with Gasteiger partial charge in [-0.2, -0.15) is 4.98 Å². The van der Waals surface area contributed by atoms with Gasteiger partial charge < -0.3 is 20.4 Å². The van der Waals surface area contributed by atoms with E-state index in [1.54, 1.807) is 29.7 Å². The number of aromatic nitrogens is 3. The van der Waals surface area contributed by atoms with Crippen molar-refractivity contribution in [2.45, 2.75) is 6.92 Å². The Hall–Kier alpha value is -4.57. The van der Waals surface area contributed by atoms with Gasteiger partial charge in [-0.05, 0) is 63.5 Å². The normalized spacial score (nSPS) is 11.0. The Morgan fingerprint density at radius 2 is 1.92 bits per heavy atom. The lowest BCUT2D eigenvalue weighted by atomic mass is 10.2. The van der Waals surface area contributed by atoms with Gasteiger partial charge in [0.25, 0.3) is 0 Å². The summed E-state index contributed by atoms with van der Waals surface area (Å²) in [7, 11) is 5.95. The van der Waals surface area contributed by atoms with Crippen molar-refractivity contribution < 1.29 is 9.18 Å². The highest BCUT2D eigenvalue weighted by Gasteiger charge is 2.14. The summed E-state index contributed by atoms with van der Waals surface area (Å²) < 4.78 is 15.7. The monoisotopic (exact) mass is 515 g/mol. The number of hydrogen-bond acceptors (Lipinski definition) is 7. The van der Waals surface area contributed by atoms with Crippen LogP contribution in [0.4, 0.5) is 27.4 Å². The molecule has 2 aromatic carbocycles. The van der Waals surface area contributed by atoms with Gasteiger partial charge in [-0.3, -0.25) is 14.2 Å². The van der Waals surface area contributed by atoms with Crippen molar-refractivity contribution in [3.8, 4) is 5.69 Å². The molecule has 2 aromatic heterocycles. The van der Waals surface area contributed by atoms with Gasteiger partial charge >= 0.3 is 0 Å². The van der Waals surface area contributed by atoms with E-state index in [2.05, 4.69) is 37.0 Å². The molecular formula is C28H30FN7O2. The van der Waals surface area contributed by atoms with Crippen LogP contribution in [0.3, 0.4) is 0 Å². The highest BCUT2D eigenvalue weighted by Crippen LogP contribution is 2.30. The van der Waals surface area contributed by atoms with E-state index in [4.69, 9.17) is 0 Å². The first-order valence-electron chi connectivity index (χ1n) is 12.0. The number of nitrogens with one attached hydrogen (secondary N) is 2. The number of carbonyl (C=O) groups excluding carboxylic acids is 1. The molecule has 0 atom stereocenters. The number of carbonyl (C=O) groups is 1. The second kappa shape index (κ2) is 11.2. The summed E-state index contributed by atoms with van der Waals surface area (Å²) in [6.45, 7) is 6.90. The van der Waals surface area contributed by atoms with E-state index in [1.165, 1.54) is 30.5 Å². The number of anilines is 4. The van der Waals surface area contributed by atoms with Crippen LogP contribution in [-0.2, 0) is 4.79 Å². The first-order valence-corrected chi connectivity index (χ1v) is 12.0. The van der Waals surface area contributed by atoms with Gasteiger partial charge in [0.1, 0.15) is 5.82 Å². The van der Waals surface area contributed by atoms with Gasteiger partial charge in [-0.1, -0.05) is 12.6 Å². The summed E-state index contributed by atoms with van der Waals surface area (Å²) >= 11 is 0. The lowest BCUT2D eigenvalue weighted by Gasteiger charge is -2.24. The predicted molar refractivity (Wildman–Crippen MR) is 150 cm³/mol. The SMILES string of the molecule is C=CC(=O)Nc1cc(Nc2ncc3c(=O)cc(C)n(-c4cccc(F)c4)c3n2)ccc1N(C)CCN(C)C. The van der Waals surface area contributed by atoms with Crippen molar-refractivity contribution in [3.63, 3.8) is 0 Å². The highest BCUT2D eigenvalue weighted by atomic mass is 19.1. The average molecular weight is 516 g/mol. The molecule has 0 bridgehead atoms. The lowest BCUT2D eigenvalue weighted by Crippen LogP contribution is -2.29. The molecule has 10 heteroatoms. The summed E-state index contributed by atoms with van der Waals surface area (Å²) in [4.78, 5) is 37.9. The highest BCUT2D eigenvalue weighted by molar-refractivity contribution is 6.01. The lowest BCUT2D eigenvalue weighted by molar-refractivity contribution is -0.111. The summed E-state index contributed by atoms with van der Waals surface area (Å²) in [6, 6.07) is 13.1. The third-order valence-corrected chi connectivity index (χ3v) is 5.99. The maximum Gasteiger partial charge on any atom is 0.247 e. The van der Waals surface area contributed by atoms with Crippen LogP contribution < -0.4 is 21.0 Å². The minimum Gasteiger partial charge on any atom is -0.372 e. The zero-order chi connectivity index (χ0) is 27.4. The van der Waals surface area contributed by atoms with Crippen LogP contribution in [0.2, 0.25) is 0 Å². The molecule has 38 heavy (non-hydrogen) atoms. The van der Waals surface area contributed by atoms with Crippen LogP contribution in [0.25, 0.3) is 16.7 Å². The maximum atomic E-state index is 14.0. The van der Waals surface area contributed by atoms with Gasteiger partial charge in [-0.15, -0.1) is 0 Å². The number of benzene rings is 2. The number of aryl methyl sites for hydroxylation is 1. The number of fused-ring (bicyclic) bond motifs is 1. The molecule has 2 N–H and O–H groups in total. The second-order valence-electron chi connectivity index (χ2n) is 9.17. The number of pyridine rings is 1. The van der Waals surface area contributed by atoms with Gasteiger partial charge in [-0.25, -0.2) is 9.37 Å². The topological polar surface area (TPSA) is 95.4 Å². The quantitative estimate of drug-likeness (QED) is 0.324. The number of hydrogen-bond donors (Lipinski definition) is 2. The molecule has 0 aliphatic rings. The number of nitrogens with zero attached hydrogens (tertiary/aromatic N) is 5. The first kappa shape index (κ1) is 26.5. The first-order chi connectivity index (χ1) is 18.2. The fraction of sp³-hybridized carbons (Fsp3) is 0.214. The van der Waals surface area contributed by atoms with Crippen molar-refractivity contribution in [3.05, 3.63) is 89.1 Å². The van der Waals surface area contributed by atoms with E-state index < -0.39 is 5.82 Å². The molecule has 0 saturated carbocycles. The molecule has 4 aromatic rings. The van der Waals surface area contributed by atoms with Crippen LogP contribution in [0.15, 0.2) is 72.2 Å². The smallest absolute Gasteiger partial charge is 0.247 e. The third kappa shape index (κ3) is 5.87. The Labute approximate surface area is 220 Å². The van der Waals surface area contributed by atoms with Crippen molar-refractivity contribution in [2.75, 3.05) is 49.8 Å². The van der Waals surface area contributed by atoms with E-state index in [0.29, 0.717) is 33.8 Å². The minimum atomic E-state index is -0.397. The van der Waals surface area contributed by atoms with E-state index in [9.17, 15) is 14.0 Å². The molecule has 0 radical (unpaired) electrons. The largest absolute Gasteiger partial charge is 0.372 e. The van der Waals surface area contributed by atoms with Crippen LogP contribution >= 0.6 is 0 Å². The summed E-state index contributed by atoms with van der Waals surface area (Å²) in [5, 5.41) is 6.33. The molecular weight excluding hydrogens is 485 g/mol. The molecule has 2 heterocycles. The fourth-order valence-electron chi connectivity index (χ4n) is 4.05. The standard InChI is InChI=1S/C28H30FN7O2/c1-6-26(38)32-23-16-20(10-11-24(23)35(5)13-12-34(3)4)31-28-30-17-22-25(37)14-18(2)36(27(22)33-28)21-9-7-8-19(29)15-21/h6-11,14-17H,1,12-13H2,2-5H3,(H,32,38)(H,30,31,33). The molecule has 1 amide bonds. The van der Waals surface area contributed by atoms with E-state index in [1.807, 2.05) is 33.3 Å². The van der Waals surface area contributed by atoms with Gasteiger partial charge in [0.05, 0.1) is 22.4 Å². The minimum absolute atomic E-state index is 0.226. The van der Waals surface area contributed by atoms with Crippen LogP contribution in [0, 0.1) is 12.7 Å².